The Morgan fingerprint density at radius 3 is 2.76 bits per heavy atom. The van der Waals surface area contributed by atoms with Gasteiger partial charge >= 0.3 is 5.76 Å². The van der Waals surface area contributed by atoms with Crippen molar-refractivity contribution in [3.8, 4) is 0 Å². The Hall–Kier alpha value is -2.28. The van der Waals surface area contributed by atoms with E-state index in [-0.39, 0.29) is 19.0 Å². The van der Waals surface area contributed by atoms with E-state index in [1.54, 1.807) is 26.2 Å². The molecule has 0 aliphatic carbocycles. The van der Waals surface area contributed by atoms with Gasteiger partial charge in [-0.15, -0.1) is 0 Å². The number of oxazole rings is 1. The standard InChI is InChI=1S/C13H14ClN3O4/c1-16(2)12(19)6-15-11(18)7-17-9-4-3-8(14)5-10(9)21-13(17)20/h3-5H,6-7H2,1-2H3,(H,15,18). The van der Waals surface area contributed by atoms with Gasteiger partial charge in [0.25, 0.3) is 0 Å². The van der Waals surface area contributed by atoms with Crippen molar-refractivity contribution in [2.45, 2.75) is 6.54 Å². The van der Waals surface area contributed by atoms with E-state index in [0.29, 0.717) is 16.1 Å². The average Bonchev–Trinajstić information content (AvgIpc) is 2.71. The van der Waals surface area contributed by atoms with Crippen LogP contribution in [-0.4, -0.2) is 41.9 Å². The molecule has 1 aromatic heterocycles. The molecule has 0 saturated heterocycles. The summed E-state index contributed by atoms with van der Waals surface area (Å²) in [6.07, 6.45) is 0. The number of benzene rings is 1. The van der Waals surface area contributed by atoms with Gasteiger partial charge in [-0.3, -0.25) is 14.2 Å². The summed E-state index contributed by atoms with van der Waals surface area (Å²) in [6.45, 7) is -0.351. The molecule has 21 heavy (non-hydrogen) atoms. The summed E-state index contributed by atoms with van der Waals surface area (Å²) >= 11 is 5.81. The minimum absolute atomic E-state index is 0.123. The van der Waals surface area contributed by atoms with Crippen molar-refractivity contribution in [3.05, 3.63) is 33.8 Å². The van der Waals surface area contributed by atoms with Crippen LogP contribution in [0.25, 0.3) is 11.1 Å². The minimum Gasteiger partial charge on any atom is -0.408 e. The predicted octanol–water partition coefficient (Wildman–Crippen LogP) is 0.452. The summed E-state index contributed by atoms with van der Waals surface area (Å²) in [7, 11) is 3.18. The molecule has 0 bridgehead atoms. The summed E-state index contributed by atoms with van der Waals surface area (Å²) in [5.74, 6) is -1.34. The number of likely N-dealkylation sites (N-methyl/N-ethyl adjacent to an activating group) is 1. The van der Waals surface area contributed by atoms with Crippen LogP contribution in [0.2, 0.25) is 5.02 Å². The second-order valence-corrected chi connectivity index (χ2v) is 5.07. The van der Waals surface area contributed by atoms with Crippen molar-refractivity contribution < 1.29 is 14.0 Å². The van der Waals surface area contributed by atoms with Crippen LogP contribution in [0.5, 0.6) is 0 Å². The summed E-state index contributed by atoms with van der Waals surface area (Å²) in [6, 6.07) is 4.70. The first kappa shape index (κ1) is 15.1. The third-order valence-corrected chi connectivity index (χ3v) is 3.10. The third-order valence-electron chi connectivity index (χ3n) is 2.87. The highest BCUT2D eigenvalue weighted by Gasteiger charge is 2.14. The molecule has 0 atom stereocenters. The lowest BCUT2D eigenvalue weighted by molar-refractivity contribution is -0.131. The largest absolute Gasteiger partial charge is 0.420 e. The highest BCUT2D eigenvalue weighted by atomic mass is 35.5. The Morgan fingerprint density at radius 2 is 2.10 bits per heavy atom. The van der Waals surface area contributed by atoms with Crippen LogP contribution in [0.3, 0.4) is 0 Å². The first-order valence-electron chi connectivity index (χ1n) is 6.14. The lowest BCUT2D eigenvalue weighted by atomic mass is 10.3. The minimum atomic E-state index is -0.652. The summed E-state index contributed by atoms with van der Waals surface area (Å²) < 4.78 is 6.19. The molecule has 0 aliphatic heterocycles. The molecule has 2 amide bonds. The lowest BCUT2D eigenvalue weighted by Crippen LogP contribution is -2.38. The van der Waals surface area contributed by atoms with Gasteiger partial charge in [-0.05, 0) is 12.1 Å². The Balaban J connectivity index is 2.13. The number of hydrogen-bond donors (Lipinski definition) is 1. The molecule has 0 unspecified atom stereocenters. The van der Waals surface area contributed by atoms with Crippen LogP contribution in [0, 0.1) is 0 Å². The topological polar surface area (TPSA) is 84.5 Å². The van der Waals surface area contributed by atoms with Gasteiger partial charge < -0.3 is 14.6 Å². The first-order chi connectivity index (χ1) is 9.88. The van der Waals surface area contributed by atoms with Crippen LogP contribution in [0.4, 0.5) is 0 Å². The molecule has 0 radical (unpaired) electrons. The highest BCUT2D eigenvalue weighted by Crippen LogP contribution is 2.18. The molecule has 1 N–H and O–H groups in total. The van der Waals surface area contributed by atoms with Gasteiger partial charge in [0.2, 0.25) is 11.8 Å². The van der Waals surface area contributed by atoms with Gasteiger partial charge in [-0.25, -0.2) is 4.79 Å². The predicted molar refractivity (Wildman–Crippen MR) is 77.2 cm³/mol. The van der Waals surface area contributed by atoms with Crippen molar-refractivity contribution in [1.29, 1.82) is 0 Å². The lowest BCUT2D eigenvalue weighted by Gasteiger charge is -2.10. The van der Waals surface area contributed by atoms with Gasteiger partial charge in [0.15, 0.2) is 5.58 Å². The molecule has 2 rings (SSSR count). The number of carbonyl (C=O) groups is 2. The van der Waals surface area contributed by atoms with E-state index in [1.807, 2.05) is 0 Å². The zero-order valence-corrected chi connectivity index (χ0v) is 12.3. The highest BCUT2D eigenvalue weighted by molar-refractivity contribution is 6.31. The number of aromatic nitrogens is 1. The second kappa shape index (κ2) is 6.01. The zero-order chi connectivity index (χ0) is 15.6. The molecule has 0 spiro atoms. The summed E-state index contributed by atoms with van der Waals surface area (Å²) in [5, 5.41) is 2.88. The first-order valence-corrected chi connectivity index (χ1v) is 6.52. The Kier molecular flexibility index (Phi) is 4.32. The van der Waals surface area contributed by atoms with Crippen molar-refractivity contribution in [2.75, 3.05) is 20.6 Å². The molecule has 7 nitrogen and oxygen atoms in total. The fraction of sp³-hybridized carbons (Fsp3) is 0.308. The maximum Gasteiger partial charge on any atom is 0.420 e. The van der Waals surface area contributed by atoms with Crippen LogP contribution in [-0.2, 0) is 16.1 Å². The summed E-state index contributed by atoms with van der Waals surface area (Å²) in [5.41, 5.74) is 0.781. The number of amides is 2. The number of hydrogen-bond acceptors (Lipinski definition) is 4. The molecule has 0 fully saturated rings. The number of nitrogens with zero attached hydrogens (tertiary/aromatic N) is 2. The number of halogens is 1. The molecule has 1 aromatic carbocycles. The van der Waals surface area contributed by atoms with Crippen molar-refractivity contribution in [2.24, 2.45) is 0 Å². The van der Waals surface area contributed by atoms with E-state index < -0.39 is 11.7 Å². The molecule has 0 saturated carbocycles. The Bertz CT molecular complexity index is 747. The van der Waals surface area contributed by atoms with Gasteiger partial charge in [-0.1, -0.05) is 11.6 Å². The maximum absolute atomic E-state index is 11.8. The number of carbonyl (C=O) groups excluding carboxylic acids is 2. The maximum atomic E-state index is 11.8. The molecule has 8 heteroatoms. The van der Waals surface area contributed by atoms with E-state index in [4.69, 9.17) is 16.0 Å². The van der Waals surface area contributed by atoms with E-state index in [2.05, 4.69) is 5.32 Å². The van der Waals surface area contributed by atoms with E-state index in [9.17, 15) is 14.4 Å². The van der Waals surface area contributed by atoms with E-state index in [0.717, 1.165) is 0 Å². The van der Waals surface area contributed by atoms with Crippen molar-refractivity contribution in [3.63, 3.8) is 0 Å². The fourth-order valence-electron chi connectivity index (χ4n) is 1.72. The number of rotatable bonds is 4. The van der Waals surface area contributed by atoms with Gasteiger partial charge in [-0.2, -0.15) is 0 Å². The van der Waals surface area contributed by atoms with Crippen LogP contribution < -0.4 is 11.1 Å². The van der Waals surface area contributed by atoms with Gasteiger partial charge in [0, 0.05) is 25.2 Å². The zero-order valence-electron chi connectivity index (χ0n) is 11.6. The normalized spacial score (nSPS) is 10.6. The Labute approximate surface area is 125 Å². The van der Waals surface area contributed by atoms with Gasteiger partial charge in [0.1, 0.15) is 6.54 Å². The number of nitrogens with one attached hydrogen (secondary N) is 1. The molecular weight excluding hydrogens is 298 g/mol. The fourth-order valence-corrected chi connectivity index (χ4v) is 1.88. The van der Waals surface area contributed by atoms with E-state index >= 15 is 0 Å². The van der Waals surface area contributed by atoms with Crippen LogP contribution in [0.1, 0.15) is 0 Å². The quantitative estimate of drug-likeness (QED) is 0.888. The molecule has 1 heterocycles. The third kappa shape index (κ3) is 3.43. The molecule has 2 aromatic rings. The smallest absolute Gasteiger partial charge is 0.408 e. The average molecular weight is 312 g/mol. The van der Waals surface area contributed by atoms with Crippen LogP contribution in [0.15, 0.2) is 27.4 Å². The summed E-state index contributed by atoms with van der Waals surface area (Å²) in [4.78, 5) is 36.3. The van der Waals surface area contributed by atoms with Crippen molar-refractivity contribution >= 4 is 34.5 Å². The van der Waals surface area contributed by atoms with E-state index in [1.165, 1.54) is 15.5 Å². The van der Waals surface area contributed by atoms with Crippen molar-refractivity contribution in [1.82, 2.24) is 14.8 Å². The Morgan fingerprint density at radius 1 is 1.38 bits per heavy atom. The molecular formula is C13H14ClN3O4. The van der Waals surface area contributed by atoms with Crippen LogP contribution >= 0.6 is 11.6 Å². The number of fused-ring (bicyclic) bond motifs is 1. The molecule has 0 aliphatic rings. The second-order valence-electron chi connectivity index (χ2n) is 4.63. The SMILES string of the molecule is CN(C)C(=O)CNC(=O)Cn1c(=O)oc2cc(Cl)ccc21. The van der Waals surface area contributed by atoms with Gasteiger partial charge in [0.05, 0.1) is 12.1 Å². The molecule has 112 valence electrons. The monoisotopic (exact) mass is 311 g/mol.